The van der Waals surface area contributed by atoms with E-state index in [4.69, 9.17) is 0 Å². The van der Waals surface area contributed by atoms with E-state index in [1.54, 1.807) is 12.1 Å². The molecule has 1 aliphatic heterocycles. The average molecular weight is 343 g/mol. The smallest absolute Gasteiger partial charge is 0.265 e. The molecule has 1 aliphatic rings. The maximum absolute atomic E-state index is 12.8. The van der Waals surface area contributed by atoms with Gasteiger partial charge in [0.1, 0.15) is 0 Å². The molecule has 1 saturated heterocycles. The van der Waals surface area contributed by atoms with Crippen molar-refractivity contribution in [2.24, 2.45) is 0 Å². The van der Waals surface area contributed by atoms with E-state index in [9.17, 15) is 9.59 Å². The highest BCUT2D eigenvalue weighted by atomic mass is 32.1. The van der Waals surface area contributed by atoms with Crippen molar-refractivity contribution in [3.05, 3.63) is 46.2 Å². The first kappa shape index (κ1) is 16.5. The lowest BCUT2D eigenvalue weighted by atomic mass is 10.1. The van der Waals surface area contributed by atoms with Crippen LogP contribution in [-0.2, 0) is 0 Å². The third kappa shape index (κ3) is 3.43. The number of anilines is 2. The van der Waals surface area contributed by atoms with Crippen molar-refractivity contribution in [1.29, 1.82) is 0 Å². The summed E-state index contributed by atoms with van der Waals surface area (Å²) in [7, 11) is 3.83. The maximum Gasteiger partial charge on any atom is 0.265 e. The molecule has 0 spiro atoms. The molecule has 0 atom stereocenters. The number of nitrogens with one attached hydrogen (secondary N) is 1. The molecule has 0 radical (unpaired) electrons. The Morgan fingerprint density at radius 2 is 1.92 bits per heavy atom. The van der Waals surface area contributed by atoms with Gasteiger partial charge in [0, 0.05) is 38.6 Å². The van der Waals surface area contributed by atoms with Crippen LogP contribution in [0, 0.1) is 0 Å². The molecule has 24 heavy (non-hydrogen) atoms. The topological polar surface area (TPSA) is 52.7 Å². The molecular weight excluding hydrogens is 322 g/mol. The number of hydrogen-bond donors (Lipinski definition) is 1. The first-order chi connectivity index (χ1) is 11.6. The molecule has 1 N–H and O–H groups in total. The van der Waals surface area contributed by atoms with Gasteiger partial charge in [-0.2, -0.15) is 0 Å². The Morgan fingerprint density at radius 3 is 2.54 bits per heavy atom. The van der Waals surface area contributed by atoms with Crippen LogP contribution >= 0.6 is 11.3 Å². The second-order valence-corrected chi connectivity index (χ2v) is 7.00. The Bertz CT molecular complexity index is 735. The lowest BCUT2D eigenvalue weighted by molar-refractivity contribution is 0.0793. The van der Waals surface area contributed by atoms with Gasteiger partial charge >= 0.3 is 0 Å². The summed E-state index contributed by atoms with van der Waals surface area (Å²) in [5.74, 6) is -0.120. The van der Waals surface area contributed by atoms with Gasteiger partial charge in [-0.15, -0.1) is 11.3 Å². The van der Waals surface area contributed by atoms with Crippen molar-refractivity contribution < 1.29 is 9.59 Å². The lowest BCUT2D eigenvalue weighted by Gasteiger charge is -2.22. The van der Waals surface area contributed by atoms with Crippen LogP contribution in [0.1, 0.15) is 32.9 Å². The number of benzene rings is 1. The van der Waals surface area contributed by atoms with E-state index >= 15 is 0 Å². The number of likely N-dealkylation sites (tertiary alicyclic amines) is 1. The Morgan fingerprint density at radius 1 is 1.17 bits per heavy atom. The fourth-order valence-corrected chi connectivity index (χ4v) is 3.49. The van der Waals surface area contributed by atoms with Crippen LogP contribution in [0.5, 0.6) is 0 Å². The number of carbonyl (C=O) groups excluding carboxylic acids is 2. The zero-order valence-corrected chi connectivity index (χ0v) is 14.7. The molecule has 1 aromatic carbocycles. The van der Waals surface area contributed by atoms with Gasteiger partial charge < -0.3 is 15.1 Å². The molecule has 0 bridgehead atoms. The van der Waals surface area contributed by atoms with Gasteiger partial charge in [0.05, 0.1) is 10.4 Å². The molecule has 0 saturated carbocycles. The van der Waals surface area contributed by atoms with E-state index in [-0.39, 0.29) is 11.8 Å². The first-order valence-electron chi connectivity index (χ1n) is 8.02. The van der Waals surface area contributed by atoms with E-state index in [0.29, 0.717) is 16.1 Å². The van der Waals surface area contributed by atoms with Gasteiger partial charge in [0.25, 0.3) is 11.8 Å². The lowest BCUT2D eigenvalue weighted by Crippen LogP contribution is -2.29. The second kappa shape index (κ2) is 7.05. The van der Waals surface area contributed by atoms with Crippen molar-refractivity contribution in [2.75, 3.05) is 37.4 Å². The summed E-state index contributed by atoms with van der Waals surface area (Å²) < 4.78 is 0. The van der Waals surface area contributed by atoms with Crippen molar-refractivity contribution in [3.8, 4) is 0 Å². The average Bonchev–Trinajstić information content (AvgIpc) is 3.27. The normalized spacial score (nSPS) is 13.8. The fraction of sp³-hybridized carbons (Fsp3) is 0.333. The molecular formula is C18H21N3O2S. The van der Waals surface area contributed by atoms with Crippen LogP contribution in [-0.4, -0.2) is 43.9 Å². The first-order valence-corrected chi connectivity index (χ1v) is 8.90. The van der Waals surface area contributed by atoms with E-state index in [1.165, 1.54) is 11.3 Å². The number of thiophene rings is 1. The van der Waals surface area contributed by atoms with Crippen molar-refractivity contribution in [2.45, 2.75) is 12.8 Å². The van der Waals surface area contributed by atoms with E-state index in [2.05, 4.69) is 5.32 Å². The largest absolute Gasteiger partial charge is 0.377 e. The highest BCUT2D eigenvalue weighted by molar-refractivity contribution is 7.12. The summed E-state index contributed by atoms with van der Waals surface area (Å²) in [6, 6.07) is 9.12. The van der Waals surface area contributed by atoms with Crippen LogP contribution < -0.4 is 10.2 Å². The van der Waals surface area contributed by atoms with Crippen LogP contribution in [0.2, 0.25) is 0 Å². The molecule has 1 aromatic heterocycles. The molecule has 0 aliphatic carbocycles. The summed E-state index contributed by atoms with van der Waals surface area (Å²) in [6.45, 7) is 1.61. The SMILES string of the molecule is CN(C)c1ccc(NC(=O)c2cccs2)cc1C(=O)N1CCCC1. The Labute approximate surface area is 145 Å². The third-order valence-corrected chi connectivity index (χ3v) is 4.97. The summed E-state index contributed by atoms with van der Waals surface area (Å²) >= 11 is 1.39. The van der Waals surface area contributed by atoms with Gasteiger partial charge in [-0.1, -0.05) is 6.07 Å². The minimum absolute atomic E-state index is 0.0309. The number of rotatable bonds is 4. The monoisotopic (exact) mass is 343 g/mol. The molecule has 6 heteroatoms. The fourth-order valence-electron chi connectivity index (χ4n) is 2.87. The molecule has 0 unspecified atom stereocenters. The number of carbonyl (C=O) groups is 2. The third-order valence-electron chi connectivity index (χ3n) is 4.10. The highest BCUT2D eigenvalue weighted by Crippen LogP contribution is 2.26. The Balaban J connectivity index is 1.87. The molecule has 3 rings (SSSR count). The summed E-state index contributed by atoms with van der Waals surface area (Å²) in [6.07, 6.45) is 2.11. The van der Waals surface area contributed by atoms with Crippen LogP contribution in [0.15, 0.2) is 35.7 Å². The van der Waals surface area contributed by atoms with Gasteiger partial charge in [-0.05, 0) is 42.5 Å². The van der Waals surface area contributed by atoms with Gasteiger partial charge in [-0.25, -0.2) is 0 Å². The van der Waals surface area contributed by atoms with Crippen molar-refractivity contribution in [1.82, 2.24) is 4.90 Å². The Kier molecular flexibility index (Phi) is 4.85. The minimum atomic E-state index is -0.151. The minimum Gasteiger partial charge on any atom is -0.377 e. The van der Waals surface area contributed by atoms with Gasteiger partial charge in [0.2, 0.25) is 0 Å². The zero-order valence-electron chi connectivity index (χ0n) is 13.9. The van der Waals surface area contributed by atoms with Crippen molar-refractivity contribution >= 4 is 34.5 Å². The van der Waals surface area contributed by atoms with E-state index < -0.39 is 0 Å². The predicted molar refractivity (Wildman–Crippen MR) is 98.2 cm³/mol. The zero-order chi connectivity index (χ0) is 17.1. The van der Waals surface area contributed by atoms with Crippen LogP contribution in [0.4, 0.5) is 11.4 Å². The van der Waals surface area contributed by atoms with Crippen LogP contribution in [0.3, 0.4) is 0 Å². The summed E-state index contributed by atoms with van der Waals surface area (Å²) in [5, 5.41) is 4.75. The second-order valence-electron chi connectivity index (χ2n) is 6.06. The standard InChI is InChI=1S/C18H21N3O2S/c1-20(2)15-8-7-13(19-17(22)16-6-5-11-24-16)12-14(15)18(23)21-9-3-4-10-21/h5-8,11-12H,3-4,9-10H2,1-2H3,(H,19,22). The molecule has 5 nitrogen and oxygen atoms in total. The summed E-state index contributed by atoms with van der Waals surface area (Å²) in [4.78, 5) is 29.5. The van der Waals surface area contributed by atoms with Gasteiger partial charge in [-0.3, -0.25) is 9.59 Å². The number of hydrogen-bond acceptors (Lipinski definition) is 4. The highest BCUT2D eigenvalue weighted by Gasteiger charge is 2.23. The number of nitrogens with zero attached hydrogens (tertiary/aromatic N) is 2. The molecule has 1 fully saturated rings. The molecule has 126 valence electrons. The van der Waals surface area contributed by atoms with E-state index in [1.807, 2.05) is 47.5 Å². The number of amides is 2. The predicted octanol–water partition coefficient (Wildman–Crippen LogP) is 3.30. The molecule has 2 amide bonds. The quantitative estimate of drug-likeness (QED) is 0.927. The van der Waals surface area contributed by atoms with E-state index in [0.717, 1.165) is 31.6 Å². The summed E-state index contributed by atoms with van der Waals surface area (Å²) in [5.41, 5.74) is 2.13. The molecule has 2 heterocycles. The Hall–Kier alpha value is -2.34. The molecule has 2 aromatic rings. The maximum atomic E-state index is 12.8. The van der Waals surface area contributed by atoms with Crippen molar-refractivity contribution in [3.63, 3.8) is 0 Å². The van der Waals surface area contributed by atoms with Gasteiger partial charge in [0.15, 0.2) is 0 Å². The van der Waals surface area contributed by atoms with Crippen LogP contribution in [0.25, 0.3) is 0 Å².